The average Bonchev–Trinajstić information content (AvgIpc) is 3.05. The normalized spacial score (nSPS) is 15.9. The highest BCUT2D eigenvalue weighted by Crippen LogP contribution is 2.26. The third-order valence-electron chi connectivity index (χ3n) is 4.05. The molecule has 1 N–H and O–H groups in total. The molecule has 0 aliphatic carbocycles. The number of aryl methyl sites for hydroxylation is 1. The van der Waals surface area contributed by atoms with Crippen molar-refractivity contribution in [3.8, 4) is 0 Å². The van der Waals surface area contributed by atoms with Gasteiger partial charge < -0.3 is 9.88 Å². The number of hydrogen-bond acceptors (Lipinski definition) is 4. The summed E-state index contributed by atoms with van der Waals surface area (Å²) in [6.45, 7) is 9.02. The number of rotatable bonds is 4. The Labute approximate surface area is 141 Å². The minimum absolute atomic E-state index is 0.000327. The van der Waals surface area contributed by atoms with Crippen molar-refractivity contribution in [2.45, 2.75) is 45.8 Å². The summed E-state index contributed by atoms with van der Waals surface area (Å²) in [5, 5.41) is -0.260. The number of carbonyl (C=O) groups is 2. The van der Waals surface area contributed by atoms with Crippen LogP contribution in [0.1, 0.15) is 58.8 Å². The zero-order chi connectivity index (χ0) is 16.4. The maximum Gasteiger partial charge on any atom is 0.192 e. The molecule has 0 bridgehead atoms. The van der Waals surface area contributed by atoms with Crippen LogP contribution in [-0.2, 0) is 0 Å². The molecule has 22 heavy (non-hydrogen) atoms. The third kappa shape index (κ3) is 3.43. The van der Waals surface area contributed by atoms with Gasteiger partial charge in [-0.2, -0.15) is 0 Å². The molecule has 1 aliphatic heterocycles. The maximum atomic E-state index is 12.7. The van der Waals surface area contributed by atoms with Gasteiger partial charge in [-0.25, -0.2) is 0 Å². The molecular weight excluding hydrogens is 316 g/mol. The van der Waals surface area contributed by atoms with Crippen LogP contribution in [0.3, 0.4) is 0 Å². The molecular formula is C16H22N2O2S2. The van der Waals surface area contributed by atoms with Gasteiger partial charge in [-0.1, -0.05) is 24.0 Å². The van der Waals surface area contributed by atoms with Crippen molar-refractivity contribution >= 4 is 39.9 Å². The highest BCUT2D eigenvalue weighted by atomic mass is 32.2. The first-order valence-electron chi connectivity index (χ1n) is 7.52. The summed E-state index contributed by atoms with van der Waals surface area (Å²) >= 11 is 6.87. The molecule has 0 radical (unpaired) electrons. The Kier molecular flexibility index (Phi) is 5.45. The Hall–Kier alpha value is -1.14. The van der Waals surface area contributed by atoms with Crippen LogP contribution in [0.4, 0.5) is 0 Å². The van der Waals surface area contributed by atoms with Gasteiger partial charge in [0.1, 0.15) is 4.32 Å². The lowest BCUT2D eigenvalue weighted by molar-refractivity contribution is 0.0988. The van der Waals surface area contributed by atoms with Gasteiger partial charge in [-0.3, -0.25) is 9.59 Å². The highest BCUT2D eigenvalue weighted by Gasteiger charge is 2.26. The molecule has 1 saturated heterocycles. The molecule has 1 aliphatic rings. The van der Waals surface area contributed by atoms with Gasteiger partial charge in [-0.15, -0.1) is 0 Å². The molecule has 4 nitrogen and oxygen atoms in total. The minimum Gasteiger partial charge on any atom is -0.358 e. The molecule has 0 amide bonds. The van der Waals surface area contributed by atoms with Crippen LogP contribution in [0.15, 0.2) is 0 Å². The highest BCUT2D eigenvalue weighted by molar-refractivity contribution is 8.23. The van der Waals surface area contributed by atoms with Crippen LogP contribution in [0.5, 0.6) is 0 Å². The van der Waals surface area contributed by atoms with E-state index < -0.39 is 0 Å². The second-order valence-electron chi connectivity index (χ2n) is 5.77. The molecule has 2 rings (SSSR count). The number of thiocarbonyl (C=S) groups is 1. The Morgan fingerprint density at radius 3 is 2.36 bits per heavy atom. The minimum atomic E-state index is -0.260. The number of aromatic amines is 1. The van der Waals surface area contributed by atoms with Gasteiger partial charge in [0.15, 0.2) is 11.6 Å². The first-order valence-corrected chi connectivity index (χ1v) is 8.81. The van der Waals surface area contributed by atoms with Crippen molar-refractivity contribution in [2.24, 2.45) is 0 Å². The van der Waals surface area contributed by atoms with Crippen LogP contribution >= 0.6 is 24.0 Å². The van der Waals surface area contributed by atoms with Gasteiger partial charge in [-0.05, 0) is 46.1 Å². The zero-order valence-electron chi connectivity index (χ0n) is 13.5. The van der Waals surface area contributed by atoms with Gasteiger partial charge in [0.2, 0.25) is 0 Å². The number of thioether (sulfide) groups is 1. The monoisotopic (exact) mass is 338 g/mol. The summed E-state index contributed by atoms with van der Waals surface area (Å²) in [4.78, 5) is 29.6. The number of likely N-dealkylation sites (tertiary alicyclic amines) is 1. The van der Waals surface area contributed by atoms with Crippen molar-refractivity contribution in [1.29, 1.82) is 0 Å². The van der Waals surface area contributed by atoms with Crippen molar-refractivity contribution in [3.05, 3.63) is 22.5 Å². The van der Waals surface area contributed by atoms with Crippen LogP contribution in [0.2, 0.25) is 0 Å². The zero-order valence-corrected chi connectivity index (χ0v) is 15.1. The molecule has 1 fully saturated rings. The second-order valence-corrected chi connectivity index (χ2v) is 7.74. The molecule has 1 atom stereocenters. The van der Waals surface area contributed by atoms with E-state index in [9.17, 15) is 9.59 Å². The summed E-state index contributed by atoms with van der Waals surface area (Å²) in [5.74, 6) is -0.0159. The summed E-state index contributed by atoms with van der Waals surface area (Å²) in [6.07, 6.45) is 2.33. The second kappa shape index (κ2) is 6.96. The summed E-state index contributed by atoms with van der Waals surface area (Å²) in [5.41, 5.74) is 2.66. The van der Waals surface area contributed by atoms with Gasteiger partial charge in [0.05, 0.1) is 10.9 Å². The lowest BCUT2D eigenvalue weighted by Gasteiger charge is -2.20. The van der Waals surface area contributed by atoms with Crippen LogP contribution in [0.25, 0.3) is 0 Å². The van der Waals surface area contributed by atoms with E-state index in [0.29, 0.717) is 11.3 Å². The smallest absolute Gasteiger partial charge is 0.192 e. The number of aromatic nitrogens is 1. The SMILES string of the molecule is CC(=O)c1c(C)[nH]c(C(=O)C(C)SC(=S)N2CCCC2)c1C. The standard InChI is InChI=1S/C16H22N2O2S2/c1-9-13(11(3)19)10(2)17-14(9)15(20)12(4)22-16(21)18-7-5-6-8-18/h12,17H,5-8H2,1-4H3. The number of ketones is 2. The Morgan fingerprint density at radius 2 is 1.86 bits per heavy atom. The Bertz CT molecular complexity index is 616. The van der Waals surface area contributed by atoms with E-state index in [0.717, 1.165) is 28.7 Å². The fourth-order valence-electron chi connectivity index (χ4n) is 2.91. The van der Waals surface area contributed by atoms with E-state index in [1.54, 1.807) is 0 Å². The van der Waals surface area contributed by atoms with Crippen LogP contribution in [0, 0.1) is 13.8 Å². The van der Waals surface area contributed by atoms with E-state index in [4.69, 9.17) is 12.2 Å². The molecule has 0 aromatic carbocycles. The van der Waals surface area contributed by atoms with E-state index in [-0.39, 0.29) is 16.8 Å². The number of nitrogens with one attached hydrogen (secondary N) is 1. The number of hydrogen-bond donors (Lipinski definition) is 1. The number of carbonyl (C=O) groups excluding carboxylic acids is 2. The third-order valence-corrected chi connectivity index (χ3v) is 5.62. The molecule has 1 aromatic heterocycles. The van der Waals surface area contributed by atoms with Crippen molar-refractivity contribution in [2.75, 3.05) is 13.1 Å². The van der Waals surface area contributed by atoms with E-state index in [2.05, 4.69) is 9.88 Å². The van der Waals surface area contributed by atoms with E-state index in [1.807, 2.05) is 20.8 Å². The molecule has 1 aromatic rings. The van der Waals surface area contributed by atoms with Crippen molar-refractivity contribution < 1.29 is 9.59 Å². The van der Waals surface area contributed by atoms with E-state index in [1.165, 1.54) is 31.5 Å². The lowest BCUT2D eigenvalue weighted by Crippen LogP contribution is -2.27. The quantitative estimate of drug-likeness (QED) is 0.672. The average molecular weight is 338 g/mol. The molecule has 2 heterocycles. The predicted molar refractivity (Wildman–Crippen MR) is 95.1 cm³/mol. The van der Waals surface area contributed by atoms with Gasteiger partial charge >= 0.3 is 0 Å². The van der Waals surface area contributed by atoms with Crippen molar-refractivity contribution in [1.82, 2.24) is 9.88 Å². The van der Waals surface area contributed by atoms with Gasteiger partial charge in [0, 0.05) is 24.3 Å². The molecule has 1 unspecified atom stereocenters. The number of Topliss-reactive ketones (excluding diaryl/α,β-unsaturated/α-hetero) is 2. The number of H-pyrrole nitrogens is 1. The fraction of sp³-hybridized carbons (Fsp3) is 0.562. The van der Waals surface area contributed by atoms with E-state index >= 15 is 0 Å². The fourth-order valence-corrected chi connectivity index (χ4v) is 4.38. The Balaban J connectivity index is 2.12. The number of nitrogens with zero attached hydrogens (tertiary/aromatic N) is 1. The van der Waals surface area contributed by atoms with Crippen molar-refractivity contribution in [3.63, 3.8) is 0 Å². The predicted octanol–water partition coefficient (Wildman–Crippen LogP) is 3.52. The van der Waals surface area contributed by atoms with Crippen LogP contribution in [-0.4, -0.2) is 44.1 Å². The first-order chi connectivity index (χ1) is 10.3. The van der Waals surface area contributed by atoms with Crippen LogP contribution < -0.4 is 0 Å². The molecule has 0 spiro atoms. The first kappa shape index (κ1) is 17.2. The largest absolute Gasteiger partial charge is 0.358 e. The molecule has 6 heteroatoms. The summed E-state index contributed by atoms with van der Waals surface area (Å²) in [7, 11) is 0. The topological polar surface area (TPSA) is 53.2 Å². The summed E-state index contributed by atoms with van der Waals surface area (Å²) in [6, 6.07) is 0. The van der Waals surface area contributed by atoms with Gasteiger partial charge in [0.25, 0.3) is 0 Å². The maximum absolute atomic E-state index is 12.7. The Morgan fingerprint density at radius 1 is 1.27 bits per heavy atom. The molecule has 120 valence electrons. The summed E-state index contributed by atoms with van der Waals surface area (Å²) < 4.78 is 0.797. The molecule has 0 saturated carbocycles. The lowest BCUT2D eigenvalue weighted by atomic mass is 10.0.